The molecule has 1 rings (SSSR count). The van der Waals surface area contributed by atoms with Crippen LogP contribution in [-0.4, -0.2) is 26.7 Å². The molecular formula is C13H16OSe. The van der Waals surface area contributed by atoms with E-state index in [1.165, 1.54) is 4.46 Å². The Morgan fingerprint density at radius 1 is 1.07 bits per heavy atom. The van der Waals surface area contributed by atoms with E-state index < -0.39 is 0 Å². The average Bonchev–Trinajstić information content (AvgIpc) is 2.29. The van der Waals surface area contributed by atoms with Gasteiger partial charge in [-0.05, 0) is 0 Å². The van der Waals surface area contributed by atoms with Crippen molar-refractivity contribution in [2.75, 3.05) is 6.61 Å². The fraction of sp³-hybridized carbons (Fsp3) is 0.385. The van der Waals surface area contributed by atoms with Crippen molar-refractivity contribution in [2.24, 2.45) is 0 Å². The molecule has 0 atom stereocenters. The van der Waals surface area contributed by atoms with E-state index in [9.17, 15) is 0 Å². The van der Waals surface area contributed by atoms with Crippen LogP contribution in [0.2, 0.25) is 0 Å². The molecule has 0 aliphatic carbocycles. The molecule has 0 saturated heterocycles. The van der Waals surface area contributed by atoms with Crippen LogP contribution in [0.15, 0.2) is 30.3 Å². The van der Waals surface area contributed by atoms with Crippen LogP contribution < -0.4 is 4.46 Å². The summed E-state index contributed by atoms with van der Waals surface area (Å²) in [4.78, 5) is 3.23. The Balaban J connectivity index is 2.12. The standard InChI is InChI=1S/C13H16OSe/c14-11-7-2-1-3-8-12-15-13-9-5-4-6-10-13/h4-6,9-10,14H,1-3,7,11H2. The van der Waals surface area contributed by atoms with Crippen LogP contribution in [0.4, 0.5) is 0 Å². The molecule has 0 saturated carbocycles. The molecule has 0 fully saturated rings. The second-order valence-corrected chi connectivity index (χ2v) is 5.07. The summed E-state index contributed by atoms with van der Waals surface area (Å²) < 4.78 is 1.34. The minimum absolute atomic E-state index is 0.304. The summed E-state index contributed by atoms with van der Waals surface area (Å²) >= 11 is 0.304. The number of aliphatic hydroxyl groups excluding tert-OH is 1. The Labute approximate surface area is 98.1 Å². The normalized spacial score (nSPS) is 9.40. The van der Waals surface area contributed by atoms with Gasteiger partial charge in [0.1, 0.15) is 0 Å². The van der Waals surface area contributed by atoms with Crippen molar-refractivity contribution in [1.82, 2.24) is 0 Å². The molecule has 0 bridgehead atoms. The molecule has 0 aromatic heterocycles. The van der Waals surface area contributed by atoms with Crippen LogP contribution >= 0.6 is 0 Å². The second-order valence-electron chi connectivity index (χ2n) is 3.23. The zero-order chi connectivity index (χ0) is 10.8. The zero-order valence-corrected chi connectivity index (χ0v) is 10.5. The Kier molecular flexibility index (Phi) is 7.03. The molecule has 0 aliphatic rings. The van der Waals surface area contributed by atoms with Gasteiger partial charge in [0.05, 0.1) is 0 Å². The van der Waals surface area contributed by atoms with Crippen LogP contribution in [-0.2, 0) is 0 Å². The Hall–Kier alpha value is -0.741. The van der Waals surface area contributed by atoms with Gasteiger partial charge in [-0.15, -0.1) is 0 Å². The van der Waals surface area contributed by atoms with E-state index >= 15 is 0 Å². The van der Waals surface area contributed by atoms with Crippen LogP contribution in [0.25, 0.3) is 0 Å². The molecule has 0 unspecified atom stereocenters. The van der Waals surface area contributed by atoms with Crippen LogP contribution in [0.3, 0.4) is 0 Å². The Bertz CT molecular complexity index is 310. The van der Waals surface area contributed by atoms with E-state index in [-0.39, 0.29) is 0 Å². The molecule has 15 heavy (non-hydrogen) atoms. The van der Waals surface area contributed by atoms with Gasteiger partial charge in [-0.2, -0.15) is 0 Å². The monoisotopic (exact) mass is 268 g/mol. The van der Waals surface area contributed by atoms with Gasteiger partial charge in [-0.25, -0.2) is 0 Å². The fourth-order valence-electron chi connectivity index (χ4n) is 1.14. The summed E-state index contributed by atoms with van der Waals surface area (Å²) in [6.07, 6.45) is 4.07. The summed E-state index contributed by atoms with van der Waals surface area (Å²) in [5, 5.41) is 8.58. The van der Waals surface area contributed by atoms with E-state index in [1.807, 2.05) is 6.07 Å². The molecule has 0 spiro atoms. The summed E-state index contributed by atoms with van der Waals surface area (Å²) in [5.41, 5.74) is 0. The first kappa shape index (κ1) is 12.3. The van der Waals surface area contributed by atoms with Gasteiger partial charge < -0.3 is 0 Å². The van der Waals surface area contributed by atoms with Crippen LogP contribution in [0, 0.1) is 10.7 Å². The van der Waals surface area contributed by atoms with Crippen molar-refractivity contribution in [3.05, 3.63) is 30.3 Å². The van der Waals surface area contributed by atoms with Gasteiger partial charge >= 0.3 is 97.9 Å². The van der Waals surface area contributed by atoms with Gasteiger partial charge in [-0.3, -0.25) is 0 Å². The van der Waals surface area contributed by atoms with Crippen LogP contribution in [0.1, 0.15) is 25.7 Å². The van der Waals surface area contributed by atoms with E-state index in [4.69, 9.17) is 5.11 Å². The summed E-state index contributed by atoms with van der Waals surface area (Å²) in [6, 6.07) is 10.4. The Morgan fingerprint density at radius 3 is 2.60 bits per heavy atom. The van der Waals surface area contributed by atoms with Crippen molar-refractivity contribution in [3.8, 4) is 10.7 Å². The quantitative estimate of drug-likeness (QED) is 0.487. The molecule has 0 radical (unpaired) electrons. The molecule has 0 amide bonds. The topological polar surface area (TPSA) is 20.2 Å². The summed E-state index contributed by atoms with van der Waals surface area (Å²) in [7, 11) is 0. The summed E-state index contributed by atoms with van der Waals surface area (Å²) in [5.74, 6) is 3.19. The minimum atomic E-state index is 0.304. The first-order chi connectivity index (χ1) is 7.43. The maximum atomic E-state index is 8.58. The van der Waals surface area contributed by atoms with Gasteiger partial charge in [-0.1, -0.05) is 0 Å². The predicted molar refractivity (Wildman–Crippen MR) is 65.2 cm³/mol. The molecule has 80 valence electrons. The fourth-order valence-corrected chi connectivity index (χ4v) is 2.36. The maximum absolute atomic E-state index is 8.58. The molecule has 1 aromatic carbocycles. The third-order valence-corrected chi connectivity index (χ3v) is 3.53. The van der Waals surface area contributed by atoms with Crippen molar-refractivity contribution in [2.45, 2.75) is 25.7 Å². The number of hydrogen-bond donors (Lipinski definition) is 1. The van der Waals surface area contributed by atoms with E-state index in [2.05, 4.69) is 35.0 Å². The van der Waals surface area contributed by atoms with Crippen molar-refractivity contribution in [3.63, 3.8) is 0 Å². The van der Waals surface area contributed by atoms with Crippen molar-refractivity contribution in [1.29, 1.82) is 0 Å². The number of benzene rings is 1. The van der Waals surface area contributed by atoms with Gasteiger partial charge in [0.2, 0.25) is 0 Å². The Morgan fingerprint density at radius 2 is 1.87 bits per heavy atom. The van der Waals surface area contributed by atoms with Crippen LogP contribution in [0.5, 0.6) is 0 Å². The third-order valence-electron chi connectivity index (χ3n) is 1.94. The molecule has 0 aliphatic heterocycles. The van der Waals surface area contributed by atoms with Gasteiger partial charge in [0, 0.05) is 0 Å². The second kappa shape index (κ2) is 8.56. The number of aliphatic hydroxyl groups is 1. The van der Waals surface area contributed by atoms with Gasteiger partial charge in [0.15, 0.2) is 0 Å². The van der Waals surface area contributed by atoms with Crippen molar-refractivity contribution >= 4 is 19.4 Å². The van der Waals surface area contributed by atoms with E-state index in [0.717, 1.165) is 25.7 Å². The van der Waals surface area contributed by atoms with Gasteiger partial charge in [0.25, 0.3) is 0 Å². The molecule has 2 heteroatoms. The van der Waals surface area contributed by atoms with E-state index in [0.29, 0.717) is 21.6 Å². The number of hydrogen-bond acceptors (Lipinski definition) is 1. The van der Waals surface area contributed by atoms with E-state index in [1.54, 1.807) is 0 Å². The first-order valence-electron chi connectivity index (χ1n) is 5.24. The molecule has 1 N–H and O–H groups in total. The molecule has 1 aromatic rings. The number of unbranched alkanes of at least 4 members (excludes halogenated alkanes) is 3. The zero-order valence-electron chi connectivity index (χ0n) is 8.78. The summed E-state index contributed by atoms with van der Waals surface area (Å²) in [6.45, 7) is 0.307. The SMILES string of the molecule is OCCCCCC#C[Se]c1ccccc1. The number of rotatable bonds is 5. The molecular weight excluding hydrogens is 251 g/mol. The molecule has 1 nitrogen and oxygen atoms in total. The third kappa shape index (κ3) is 6.36. The van der Waals surface area contributed by atoms with Crippen molar-refractivity contribution < 1.29 is 5.11 Å². The predicted octanol–water partition coefficient (Wildman–Crippen LogP) is 1.53. The average molecular weight is 267 g/mol. The first-order valence-corrected chi connectivity index (χ1v) is 6.95. The molecule has 0 heterocycles.